The fraction of sp³-hybridized carbons (Fsp3) is 0.500. The van der Waals surface area contributed by atoms with Crippen LogP contribution in [0.2, 0.25) is 0 Å². The molecule has 104 valence electrons. The lowest BCUT2D eigenvalue weighted by atomic mass is 10.0. The maximum Gasteiger partial charge on any atom is 0.179 e. The average Bonchev–Trinajstić information content (AvgIpc) is 2.41. The molecule has 1 heterocycles. The fourth-order valence-electron chi connectivity index (χ4n) is 2.27. The Morgan fingerprint density at radius 3 is 2.37 bits per heavy atom. The van der Waals surface area contributed by atoms with Gasteiger partial charge >= 0.3 is 0 Å². The van der Waals surface area contributed by atoms with Crippen molar-refractivity contribution in [2.24, 2.45) is 0 Å². The zero-order chi connectivity index (χ0) is 14.0. The van der Waals surface area contributed by atoms with Crippen molar-refractivity contribution in [1.29, 1.82) is 0 Å². The number of likely N-dealkylation sites (N-methyl/N-ethyl adjacent to an activating group) is 1. The minimum absolute atomic E-state index is 0.163. The number of hydrogen-bond donors (Lipinski definition) is 0. The quantitative estimate of drug-likeness (QED) is 0.781. The molecule has 1 aromatic carbocycles. The molecular weight excluding hydrogens is 250 g/mol. The summed E-state index contributed by atoms with van der Waals surface area (Å²) in [6.45, 7) is 5.26. The maximum absolute atomic E-state index is 13.1. The number of nitrogens with zero attached hydrogens (tertiary/aromatic N) is 2. The van der Waals surface area contributed by atoms with Crippen molar-refractivity contribution in [3.05, 3.63) is 35.4 Å². The lowest BCUT2D eigenvalue weighted by Gasteiger charge is -2.35. The van der Waals surface area contributed by atoms with Gasteiger partial charge in [0.15, 0.2) is 17.4 Å². The highest BCUT2D eigenvalue weighted by Gasteiger charge is 2.25. The van der Waals surface area contributed by atoms with Gasteiger partial charge in [-0.1, -0.05) is 0 Å². The summed E-state index contributed by atoms with van der Waals surface area (Å²) in [5, 5.41) is 0. The predicted octanol–water partition coefficient (Wildman–Crippen LogP) is 1.78. The first-order valence-electron chi connectivity index (χ1n) is 6.41. The summed E-state index contributed by atoms with van der Waals surface area (Å²) in [5.74, 6) is -2.07. The van der Waals surface area contributed by atoms with Gasteiger partial charge in [-0.25, -0.2) is 8.78 Å². The second kappa shape index (κ2) is 5.75. The summed E-state index contributed by atoms with van der Waals surface area (Å²) in [7, 11) is 2.04. The molecule has 5 heteroatoms. The molecular formula is C14H18F2N2O. The monoisotopic (exact) mass is 268 g/mol. The molecule has 3 nitrogen and oxygen atoms in total. The number of ketones is 1. The first kappa shape index (κ1) is 14.1. The number of Topliss-reactive ketones (excluding diaryl/α,β-unsaturated/α-hetero) is 1. The molecule has 19 heavy (non-hydrogen) atoms. The van der Waals surface area contributed by atoms with E-state index in [-0.39, 0.29) is 17.4 Å². The van der Waals surface area contributed by atoms with E-state index in [0.717, 1.165) is 38.3 Å². The number of carbonyl (C=O) groups excluding carboxylic acids is 1. The summed E-state index contributed by atoms with van der Waals surface area (Å²) < 4.78 is 26.0. The first-order valence-corrected chi connectivity index (χ1v) is 6.41. The number of benzene rings is 1. The smallest absolute Gasteiger partial charge is 0.179 e. The van der Waals surface area contributed by atoms with Gasteiger partial charge in [0.1, 0.15) is 0 Å². The van der Waals surface area contributed by atoms with Crippen LogP contribution in [0.4, 0.5) is 8.78 Å². The van der Waals surface area contributed by atoms with Crippen molar-refractivity contribution < 1.29 is 13.6 Å². The zero-order valence-electron chi connectivity index (χ0n) is 11.2. The Kier molecular flexibility index (Phi) is 4.27. The molecule has 2 rings (SSSR count). The minimum atomic E-state index is -0.976. The number of carbonyl (C=O) groups is 1. The number of rotatable bonds is 3. The van der Waals surface area contributed by atoms with E-state index in [1.807, 2.05) is 14.0 Å². The second-order valence-corrected chi connectivity index (χ2v) is 5.01. The highest BCUT2D eigenvalue weighted by molar-refractivity contribution is 5.99. The fourth-order valence-corrected chi connectivity index (χ4v) is 2.27. The van der Waals surface area contributed by atoms with Crippen LogP contribution in [0.1, 0.15) is 17.3 Å². The maximum atomic E-state index is 13.1. The van der Waals surface area contributed by atoms with Crippen molar-refractivity contribution in [3.8, 4) is 0 Å². The molecule has 0 amide bonds. The molecule has 0 saturated carbocycles. The summed E-state index contributed by atoms with van der Waals surface area (Å²) in [4.78, 5) is 16.5. The molecule has 1 atom stereocenters. The van der Waals surface area contributed by atoms with Gasteiger partial charge in [0.05, 0.1) is 6.04 Å². The van der Waals surface area contributed by atoms with Crippen molar-refractivity contribution >= 4 is 5.78 Å². The molecule has 1 aliphatic rings. The van der Waals surface area contributed by atoms with Crippen molar-refractivity contribution in [1.82, 2.24) is 9.80 Å². The molecule has 1 aromatic rings. The van der Waals surface area contributed by atoms with Crippen molar-refractivity contribution in [2.45, 2.75) is 13.0 Å². The Morgan fingerprint density at radius 2 is 1.79 bits per heavy atom. The third-order valence-corrected chi connectivity index (χ3v) is 3.67. The van der Waals surface area contributed by atoms with Gasteiger partial charge in [-0.3, -0.25) is 9.69 Å². The average molecular weight is 268 g/mol. The van der Waals surface area contributed by atoms with E-state index in [2.05, 4.69) is 9.80 Å². The summed E-state index contributed by atoms with van der Waals surface area (Å²) in [6, 6.07) is 3.01. The van der Waals surface area contributed by atoms with E-state index in [4.69, 9.17) is 0 Å². The Labute approximate surface area is 111 Å². The van der Waals surface area contributed by atoms with Gasteiger partial charge in [-0.2, -0.15) is 0 Å². The molecule has 1 unspecified atom stereocenters. The molecule has 0 spiro atoms. The largest absolute Gasteiger partial charge is 0.304 e. The summed E-state index contributed by atoms with van der Waals surface area (Å²) >= 11 is 0. The van der Waals surface area contributed by atoms with Crippen LogP contribution in [0.5, 0.6) is 0 Å². The highest BCUT2D eigenvalue weighted by Crippen LogP contribution is 2.14. The van der Waals surface area contributed by atoms with Crippen LogP contribution < -0.4 is 0 Å². The lowest BCUT2D eigenvalue weighted by Crippen LogP contribution is -2.50. The van der Waals surface area contributed by atoms with E-state index in [0.29, 0.717) is 0 Å². The van der Waals surface area contributed by atoms with Gasteiger partial charge in [-0.05, 0) is 32.2 Å². The number of halogens is 2. The van der Waals surface area contributed by atoms with Crippen LogP contribution in [0.15, 0.2) is 18.2 Å². The zero-order valence-corrected chi connectivity index (χ0v) is 11.2. The van der Waals surface area contributed by atoms with Crippen LogP contribution in [0.25, 0.3) is 0 Å². The molecule has 1 aliphatic heterocycles. The van der Waals surface area contributed by atoms with Gasteiger partial charge in [0, 0.05) is 31.7 Å². The Bertz CT molecular complexity index is 471. The molecule has 0 N–H and O–H groups in total. The number of piperazine rings is 1. The van der Waals surface area contributed by atoms with E-state index < -0.39 is 11.6 Å². The Morgan fingerprint density at radius 1 is 1.16 bits per heavy atom. The Balaban J connectivity index is 2.08. The summed E-state index contributed by atoms with van der Waals surface area (Å²) in [6.07, 6.45) is 0. The third-order valence-electron chi connectivity index (χ3n) is 3.67. The number of hydrogen-bond acceptors (Lipinski definition) is 3. The Hall–Kier alpha value is -1.33. The first-order chi connectivity index (χ1) is 8.99. The van der Waals surface area contributed by atoms with Crippen LogP contribution in [-0.4, -0.2) is 54.9 Å². The lowest BCUT2D eigenvalue weighted by molar-refractivity contribution is 0.0737. The van der Waals surface area contributed by atoms with Gasteiger partial charge in [0.2, 0.25) is 0 Å². The highest BCUT2D eigenvalue weighted by atomic mass is 19.2. The molecule has 0 bridgehead atoms. The minimum Gasteiger partial charge on any atom is -0.304 e. The van der Waals surface area contributed by atoms with Gasteiger partial charge in [-0.15, -0.1) is 0 Å². The van der Waals surface area contributed by atoms with Gasteiger partial charge in [0.25, 0.3) is 0 Å². The van der Waals surface area contributed by atoms with Crippen LogP contribution in [0.3, 0.4) is 0 Å². The normalized spacial score (nSPS) is 19.4. The standard InChI is InChI=1S/C14H18F2N2O/c1-10(18-7-5-17(2)6-8-18)14(19)11-3-4-12(15)13(16)9-11/h3-4,9-10H,5-8H2,1-2H3. The molecule has 0 aromatic heterocycles. The SMILES string of the molecule is CC(C(=O)c1ccc(F)c(F)c1)N1CCN(C)CC1. The van der Waals surface area contributed by atoms with E-state index in [1.54, 1.807) is 0 Å². The second-order valence-electron chi connectivity index (χ2n) is 5.01. The molecule has 0 aliphatic carbocycles. The van der Waals surface area contributed by atoms with Crippen molar-refractivity contribution in [3.63, 3.8) is 0 Å². The van der Waals surface area contributed by atoms with Crippen LogP contribution in [0, 0.1) is 11.6 Å². The van der Waals surface area contributed by atoms with E-state index >= 15 is 0 Å². The predicted molar refractivity (Wildman–Crippen MR) is 69.2 cm³/mol. The third kappa shape index (κ3) is 3.16. The van der Waals surface area contributed by atoms with E-state index in [1.165, 1.54) is 6.07 Å². The molecule has 1 saturated heterocycles. The van der Waals surface area contributed by atoms with Crippen LogP contribution in [-0.2, 0) is 0 Å². The van der Waals surface area contributed by atoms with Crippen molar-refractivity contribution in [2.75, 3.05) is 33.2 Å². The van der Waals surface area contributed by atoms with Crippen LogP contribution >= 0.6 is 0 Å². The molecule has 0 radical (unpaired) electrons. The molecule has 1 fully saturated rings. The van der Waals surface area contributed by atoms with Gasteiger partial charge < -0.3 is 4.90 Å². The summed E-state index contributed by atoms with van der Waals surface area (Å²) in [5.41, 5.74) is 0.227. The topological polar surface area (TPSA) is 23.6 Å². The van der Waals surface area contributed by atoms with E-state index in [9.17, 15) is 13.6 Å².